The number of anilines is 1. The lowest BCUT2D eigenvalue weighted by molar-refractivity contribution is 0.395. The fraction of sp³-hybridized carbons (Fsp3) is 0.333. The van der Waals surface area contributed by atoms with E-state index in [4.69, 9.17) is 9.47 Å². The molecular weight excluding hydrogens is 254 g/mol. The highest BCUT2D eigenvalue weighted by Gasteiger charge is 2.12. The highest BCUT2D eigenvalue weighted by molar-refractivity contribution is 5.67. The third-order valence-corrected chi connectivity index (χ3v) is 3.05. The summed E-state index contributed by atoms with van der Waals surface area (Å²) >= 11 is 0. The minimum Gasteiger partial charge on any atom is -0.497 e. The molecule has 5 heteroatoms. The fourth-order valence-corrected chi connectivity index (χ4v) is 1.91. The van der Waals surface area contributed by atoms with Crippen molar-refractivity contribution in [3.63, 3.8) is 0 Å². The maximum atomic E-state index is 5.41. The van der Waals surface area contributed by atoms with Gasteiger partial charge in [-0.2, -0.15) is 0 Å². The first-order valence-corrected chi connectivity index (χ1v) is 6.50. The SMILES string of the molecule is CCc1cc(NC)nc(-c2ccc(OC)cc2OC)n1. The normalized spacial score (nSPS) is 10.2. The zero-order valence-corrected chi connectivity index (χ0v) is 12.2. The number of methoxy groups -OCH3 is 2. The van der Waals surface area contributed by atoms with Crippen LogP contribution in [0.4, 0.5) is 5.82 Å². The van der Waals surface area contributed by atoms with Gasteiger partial charge in [0.15, 0.2) is 5.82 Å². The minimum absolute atomic E-state index is 0.646. The van der Waals surface area contributed by atoms with Crippen LogP contribution in [0.1, 0.15) is 12.6 Å². The van der Waals surface area contributed by atoms with Crippen molar-refractivity contribution in [1.29, 1.82) is 0 Å². The predicted octanol–water partition coefficient (Wildman–Crippen LogP) is 2.76. The largest absolute Gasteiger partial charge is 0.497 e. The zero-order chi connectivity index (χ0) is 14.5. The molecule has 1 heterocycles. The van der Waals surface area contributed by atoms with Gasteiger partial charge in [0.2, 0.25) is 0 Å². The van der Waals surface area contributed by atoms with E-state index in [1.165, 1.54) is 0 Å². The van der Waals surface area contributed by atoms with Gasteiger partial charge >= 0.3 is 0 Å². The van der Waals surface area contributed by atoms with E-state index in [9.17, 15) is 0 Å². The average Bonchev–Trinajstić information content (AvgIpc) is 2.53. The molecule has 0 bridgehead atoms. The van der Waals surface area contributed by atoms with Crippen LogP contribution in [0.3, 0.4) is 0 Å². The van der Waals surface area contributed by atoms with E-state index in [0.29, 0.717) is 11.6 Å². The Morgan fingerprint density at radius 2 is 1.90 bits per heavy atom. The van der Waals surface area contributed by atoms with Crippen LogP contribution in [0.15, 0.2) is 24.3 Å². The topological polar surface area (TPSA) is 56.3 Å². The van der Waals surface area contributed by atoms with Gasteiger partial charge in [-0.05, 0) is 18.6 Å². The van der Waals surface area contributed by atoms with Crippen molar-refractivity contribution in [2.75, 3.05) is 26.6 Å². The predicted molar refractivity (Wildman–Crippen MR) is 79.5 cm³/mol. The lowest BCUT2D eigenvalue weighted by atomic mass is 10.1. The van der Waals surface area contributed by atoms with Crippen molar-refractivity contribution >= 4 is 5.82 Å². The van der Waals surface area contributed by atoms with E-state index in [0.717, 1.165) is 29.2 Å². The number of ether oxygens (including phenoxy) is 2. The summed E-state index contributed by atoms with van der Waals surface area (Å²) in [5.41, 5.74) is 1.83. The lowest BCUT2D eigenvalue weighted by Gasteiger charge is -2.11. The van der Waals surface area contributed by atoms with Crippen LogP contribution in [0.25, 0.3) is 11.4 Å². The summed E-state index contributed by atoms with van der Waals surface area (Å²) in [6.07, 6.45) is 0.850. The molecular formula is C15H19N3O2. The van der Waals surface area contributed by atoms with E-state index in [1.807, 2.05) is 31.3 Å². The molecule has 1 N–H and O–H groups in total. The Labute approximate surface area is 119 Å². The first kappa shape index (κ1) is 14.1. The number of rotatable bonds is 5. The Bertz CT molecular complexity index is 577. The van der Waals surface area contributed by atoms with E-state index in [-0.39, 0.29) is 0 Å². The van der Waals surface area contributed by atoms with Gasteiger partial charge in [0.05, 0.1) is 19.8 Å². The Hall–Kier alpha value is -2.30. The summed E-state index contributed by atoms with van der Waals surface area (Å²) in [5, 5.41) is 3.06. The first-order chi connectivity index (χ1) is 9.71. The molecule has 106 valence electrons. The lowest BCUT2D eigenvalue weighted by Crippen LogP contribution is -2.01. The van der Waals surface area contributed by atoms with Crippen LogP contribution in [0.2, 0.25) is 0 Å². The van der Waals surface area contributed by atoms with Gasteiger partial charge in [-0.1, -0.05) is 6.92 Å². The molecule has 0 radical (unpaired) electrons. The smallest absolute Gasteiger partial charge is 0.165 e. The molecule has 0 saturated carbocycles. The summed E-state index contributed by atoms with van der Waals surface area (Å²) < 4.78 is 10.6. The molecule has 0 atom stereocenters. The average molecular weight is 273 g/mol. The summed E-state index contributed by atoms with van der Waals surface area (Å²) in [6.45, 7) is 2.07. The molecule has 5 nitrogen and oxygen atoms in total. The van der Waals surface area contributed by atoms with Crippen molar-refractivity contribution in [2.45, 2.75) is 13.3 Å². The monoisotopic (exact) mass is 273 g/mol. The summed E-state index contributed by atoms with van der Waals surface area (Å²) in [7, 11) is 5.10. The van der Waals surface area contributed by atoms with Gasteiger partial charge in [0.25, 0.3) is 0 Å². The summed E-state index contributed by atoms with van der Waals surface area (Å²) in [4.78, 5) is 9.05. The van der Waals surface area contributed by atoms with Crippen molar-refractivity contribution in [2.24, 2.45) is 0 Å². The number of aromatic nitrogens is 2. The summed E-state index contributed by atoms with van der Waals surface area (Å²) in [6, 6.07) is 7.56. The van der Waals surface area contributed by atoms with Gasteiger partial charge in [0, 0.05) is 24.9 Å². The molecule has 0 aliphatic rings. The van der Waals surface area contributed by atoms with E-state index < -0.39 is 0 Å². The van der Waals surface area contributed by atoms with E-state index in [1.54, 1.807) is 14.2 Å². The fourth-order valence-electron chi connectivity index (χ4n) is 1.91. The third-order valence-electron chi connectivity index (χ3n) is 3.05. The second-order valence-corrected chi connectivity index (χ2v) is 4.24. The number of nitrogens with zero attached hydrogens (tertiary/aromatic N) is 2. The maximum absolute atomic E-state index is 5.41. The first-order valence-electron chi connectivity index (χ1n) is 6.50. The molecule has 2 aromatic rings. The number of nitrogens with one attached hydrogen (secondary N) is 1. The van der Waals surface area contributed by atoms with Crippen molar-refractivity contribution in [1.82, 2.24) is 9.97 Å². The van der Waals surface area contributed by atoms with Crippen molar-refractivity contribution in [3.8, 4) is 22.9 Å². The van der Waals surface area contributed by atoms with Crippen LogP contribution in [0.5, 0.6) is 11.5 Å². The molecule has 0 unspecified atom stereocenters. The van der Waals surface area contributed by atoms with E-state index >= 15 is 0 Å². The quantitative estimate of drug-likeness (QED) is 0.907. The van der Waals surface area contributed by atoms with Crippen molar-refractivity contribution < 1.29 is 9.47 Å². The van der Waals surface area contributed by atoms with Crippen LogP contribution in [0, 0.1) is 0 Å². The van der Waals surface area contributed by atoms with Crippen LogP contribution in [-0.4, -0.2) is 31.2 Å². The van der Waals surface area contributed by atoms with Gasteiger partial charge in [-0.15, -0.1) is 0 Å². The van der Waals surface area contributed by atoms with Gasteiger partial charge < -0.3 is 14.8 Å². The summed E-state index contributed by atoms with van der Waals surface area (Å²) in [5.74, 6) is 2.88. The molecule has 0 fully saturated rings. The molecule has 20 heavy (non-hydrogen) atoms. The number of benzene rings is 1. The second-order valence-electron chi connectivity index (χ2n) is 4.24. The zero-order valence-electron chi connectivity index (χ0n) is 12.2. The number of hydrogen-bond donors (Lipinski definition) is 1. The number of aryl methyl sites for hydroxylation is 1. The van der Waals surface area contributed by atoms with Crippen molar-refractivity contribution in [3.05, 3.63) is 30.0 Å². The minimum atomic E-state index is 0.646. The maximum Gasteiger partial charge on any atom is 0.165 e. The second kappa shape index (κ2) is 6.23. The molecule has 0 saturated heterocycles. The molecule has 0 aliphatic carbocycles. The van der Waals surface area contributed by atoms with Gasteiger partial charge in [0.1, 0.15) is 17.3 Å². The van der Waals surface area contributed by atoms with Crippen LogP contribution in [-0.2, 0) is 6.42 Å². The Morgan fingerprint density at radius 1 is 1.10 bits per heavy atom. The van der Waals surface area contributed by atoms with Crippen LogP contribution < -0.4 is 14.8 Å². The Morgan fingerprint density at radius 3 is 2.50 bits per heavy atom. The number of hydrogen-bond acceptors (Lipinski definition) is 5. The molecule has 1 aromatic carbocycles. The molecule has 2 rings (SSSR count). The molecule has 0 spiro atoms. The Balaban J connectivity index is 2.55. The molecule has 0 amide bonds. The highest BCUT2D eigenvalue weighted by Crippen LogP contribution is 2.32. The Kier molecular flexibility index (Phi) is 4.40. The molecule has 1 aromatic heterocycles. The molecule has 0 aliphatic heterocycles. The highest BCUT2D eigenvalue weighted by atomic mass is 16.5. The van der Waals surface area contributed by atoms with Gasteiger partial charge in [-0.3, -0.25) is 0 Å². The third kappa shape index (κ3) is 2.82. The van der Waals surface area contributed by atoms with Gasteiger partial charge in [-0.25, -0.2) is 9.97 Å². The van der Waals surface area contributed by atoms with E-state index in [2.05, 4.69) is 22.2 Å². The van der Waals surface area contributed by atoms with Crippen LogP contribution >= 0.6 is 0 Å². The standard InChI is InChI=1S/C15H19N3O2/c1-5-10-8-14(16-2)18-15(17-10)12-7-6-11(19-3)9-13(12)20-4/h6-9H,5H2,1-4H3,(H,16,17,18).